The summed E-state index contributed by atoms with van der Waals surface area (Å²) in [5.74, 6) is 1.01. The average molecular weight is 215 g/mol. The Morgan fingerprint density at radius 3 is 2.62 bits per heavy atom. The molecule has 1 aliphatic rings. The van der Waals surface area contributed by atoms with Crippen LogP contribution in [-0.4, -0.2) is 11.7 Å². The molecule has 1 saturated carbocycles. The first-order chi connectivity index (χ1) is 7.70. The van der Waals surface area contributed by atoms with Gasteiger partial charge in [0, 0.05) is 17.6 Å². The SMILES string of the molecule is COc1cc(C)cc2c1c(C)cn2C1CC1. The van der Waals surface area contributed by atoms with E-state index in [1.165, 1.54) is 34.9 Å². The summed E-state index contributed by atoms with van der Waals surface area (Å²) < 4.78 is 7.91. The van der Waals surface area contributed by atoms with Gasteiger partial charge >= 0.3 is 0 Å². The third-order valence-electron chi connectivity index (χ3n) is 3.39. The summed E-state index contributed by atoms with van der Waals surface area (Å²) in [6.07, 6.45) is 4.91. The van der Waals surface area contributed by atoms with Crippen LogP contribution in [-0.2, 0) is 0 Å². The van der Waals surface area contributed by atoms with Crippen molar-refractivity contribution in [2.75, 3.05) is 7.11 Å². The van der Waals surface area contributed by atoms with Crippen LogP contribution in [0.3, 0.4) is 0 Å². The number of aromatic nitrogens is 1. The highest BCUT2D eigenvalue weighted by molar-refractivity contribution is 5.90. The molecular formula is C14H17NO. The van der Waals surface area contributed by atoms with Crippen LogP contribution in [0, 0.1) is 13.8 Å². The molecule has 1 heterocycles. The van der Waals surface area contributed by atoms with Gasteiger partial charge in [0.1, 0.15) is 5.75 Å². The van der Waals surface area contributed by atoms with E-state index in [0.29, 0.717) is 0 Å². The number of hydrogen-bond acceptors (Lipinski definition) is 1. The normalized spacial score (nSPS) is 15.7. The predicted octanol–water partition coefficient (Wildman–Crippen LogP) is 3.60. The molecule has 1 fully saturated rings. The maximum atomic E-state index is 5.49. The maximum Gasteiger partial charge on any atom is 0.128 e. The first-order valence-electron chi connectivity index (χ1n) is 5.86. The number of fused-ring (bicyclic) bond motifs is 1. The summed E-state index contributed by atoms with van der Waals surface area (Å²) in [4.78, 5) is 0. The predicted molar refractivity (Wildman–Crippen MR) is 66.2 cm³/mol. The lowest BCUT2D eigenvalue weighted by Crippen LogP contribution is -1.92. The topological polar surface area (TPSA) is 14.2 Å². The average Bonchev–Trinajstić information content (AvgIpc) is 3.04. The molecule has 1 aromatic heterocycles. The summed E-state index contributed by atoms with van der Waals surface area (Å²) in [7, 11) is 1.75. The van der Waals surface area contributed by atoms with Crippen LogP contribution in [0.2, 0.25) is 0 Å². The summed E-state index contributed by atoms with van der Waals surface area (Å²) in [5, 5.41) is 1.28. The second-order valence-electron chi connectivity index (χ2n) is 4.81. The number of rotatable bonds is 2. The largest absolute Gasteiger partial charge is 0.496 e. The summed E-state index contributed by atoms with van der Waals surface area (Å²) in [5.41, 5.74) is 3.92. The summed E-state index contributed by atoms with van der Waals surface area (Å²) >= 11 is 0. The van der Waals surface area contributed by atoms with Gasteiger partial charge in [0.05, 0.1) is 12.6 Å². The molecule has 0 aliphatic heterocycles. The van der Waals surface area contributed by atoms with Gasteiger partial charge in [0.2, 0.25) is 0 Å². The van der Waals surface area contributed by atoms with E-state index in [0.717, 1.165) is 11.8 Å². The highest BCUT2D eigenvalue weighted by atomic mass is 16.5. The van der Waals surface area contributed by atoms with Gasteiger partial charge in [-0.3, -0.25) is 0 Å². The molecule has 0 saturated heterocycles. The molecule has 0 bridgehead atoms. The standard InChI is InChI=1S/C14H17NO/c1-9-6-12-14(13(7-9)16-3)10(2)8-15(12)11-4-5-11/h6-8,11H,4-5H2,1-3H3. The van der Waals surface area contributed by atoms with Gasteiger partial charge in [-0.25, -0.2) is 0 Å². The van der Waals surface area contributed by atoms with Crippen LogP contribution in [0.1, 0.15) is 30.0 Å². The van der Waals surface area contributed by atoms with Crippen molar-refractivity contribution in [3.63, 3.8) is 0 Å². The van der Waals surface area contributed by atoms with Gasteiger partial charge < -0.3 is 9.30 Å². The van der Waals surface area contributed by atoms with Crippen molar-refractivity contribution >= 4 is 10.9 Å². The van der Waals surface area contributed by atoms with Crippen LogP contribution in [0.15, 0.2) is 18.3 Å². The van der Waals surface area contributed by atoms with Crippen LogP contribution in [0.4, 0.5) is 0 Å². The highest BCUT2D eigenvalue weighted by Gasteiger charge is 2.26. The van der Waals surface area contributed by atoms with Crippen LogP contribution >= 0.6 is 0 Å². The van der Waals surface area contributed by atoms with E-state index in [4.69, 9.17) is 4.74 Å². The lowest BCUT2D eigenvalue weighted by Gasteiger charge is -2.07. The second kappa shape index (κ2) is 3.27. The van der Waals surface area contributed by atoms with E-state index < -0.39 is 0 Å². The van der Waals surface area contributed by atoms with Gasteiger partial charge in [-0.1, -0.05) is 0 Å². The molecule has 84 valence electrons. The summed E-state index contributed by atoms with van der Waals surface area (Å²) in [6, 6.07) is 5.11. The molecule has 3 rings (SSSR count). The number of benzene rings is 1. The molecule has 0 spiro atoms. The van der Waals surface area contributed by atoms with Crippen molar-refractivity contribution in [3.8, 4) is 5.75 Å². The van der Waals surface area contributed by atoms with E-state index in [9.17, 15) is 0 Å². The van der Waals surface area contributed by atoms with E-state index in [1.54, 1.807) is 7.11 Å². The number of ether oxygens (including phenoxy) is 1. The van der Waals surface area contributed by atoms with Crippen molar-refractivity contribution < 1.29 is 4.74 Å². The number of nitrogens with zero attached hydrogens (tertiary/aromatic N) is 1. The Morgan fingerprint density at radius 2 is 2.00 bits per heavy atom. The lowest BCUT2D eigenvalue weighted by atomic mass is 10.1. The van der Waals surface area contributed by atoms with Crippen LogP contribution in [0.25, 0.3) is 10.9 Å². The Balaban J connectivity index is 2.35. The quantitative estimate of drug-likeness (QED) is 0.746. The Labute approximate surface area is 95.8 Å². The van der Waals surface area contributed by atoms with Gasteiger partial charge in [0.15, 0.2) is 0 Å². The summed E-state index contributed by atoms with van der Waals surface area (Å²) in [6.45, 7) is 4.29. The minimum atomic E-state index is 0.725. The zero-order valence-corrected chi connectivity index (χ0v) is 10.1. The van der Waals surface area contributed by atoms with Gasteiger partial charge in [-0.05, 0) is 49.9 Å². The first kappa shape index (κ1) is 9.76. The maximum absolute atomic E-state index is 5.49. The lowest BCUT2D eigenvalue weighted by molar-refractivity contribution is 0.419. The monoisotopic (exact) mass is 215 g/mol. The molecule has 2 aromatic rings. The Hall–Kier alpha value is -1.44. The number of aryl methyl sites for hydroxylation is 2. The zero-order valence-electron chi connectivity index (χ0n) is 10.1. The third-order valence-corrected chi connectivity index (χ3v) is 3.39. The highest BCUT2D eigenvalue weighted by Crippen LogP contribution is 2.41. The van der Waals surface area contributed by atoms with Crippen molar-refractivity contribution in [1.29, 1.82) is 0 Å². The van der Waals surface area contributed by atoms with E-state index in [2.05, 4.69) is 36.7 Å². The molecular weight excluding hydrogens is 198 g/mol. The smallest absolute Gasteiger partial charge is 0.128 e. The molecule has 0 atom stereocenters. The van der Waals surface area contributed by atoms with E-state index >= 15 is 0 Å². The fourth-order valence-electron chi connectivity index (χ4n) is 2.49. The van der Waals surface area contributed by atoms with Crippen molar-refractivity contribution in [2.24, 2.45) is 0 Å². The Morgan fingerprint density at radius 1 is 1.25 bits per heavy atom. The molecule has 2 nitrogen and oxygen atoms in total. The van der Waals surface area contributed by atoms with E-state index in [1.807, 2.05) is 0 Å². The molecule has 2 heteroatoms. The molecule has 0 radical (unpaired) electrons. The van der Waals surface area contributed by atoms with Crippen LogP contribution in [0.5, 0.6) is 5.75 Å². The van der Waals surface area contributed by atoms with Crippen molar-refractivity contribution in [3.05, 3.63) is 29.5 Å². The second-order valence-corrected chi connectivity index (χ2v) is 4.81. The zero-order chi connectivity index (χ0) is 11.3. The number of hydrogen-bond donors (Lipinski definition) is 0. The molecule has 16 heavy (non-hydrogen) atoms. The first-order valence-corrected chi connectivity index (χ1v) is 5.86. The third kappa shape index (κ3) is 1.33. The fraction of sp³-hybridized carbons (Fsp3) is 0.429. The van der Waals surface area contributed by atoms with Gasteiger partial charge in [-0.2, -0.15) is 0 Å². The molecule has 1 aliphatic carbocycles. The van der Waals surface area contributed by atoms with E-state index in [-0.39, 0.29) is 0 Å². The van der Waals surface area contributed by atoms with Crippen LogP contribution < -0.4 is 4.74 Å². The Bertz CT molecular complexity index is 549. The molecule has 0 N–H and O–H groups in total. The van der Waals surface area contributed by atoms with Gasteiger partial charge in [-0.15, -0.1) is 0 Å². The molecule has 1 aromatic carbocycles. The van der Waals surface area contributed by atoms with Crippen molar-refractivity contribution in [2.45, 2.75) is 32.7 Å². The molecule has 0 unspecified atom stereocenters. The number of methoxy groups -OCH3 is 1. The fourth-order valence-corrected chi connectivity index (χ4v) is 2.49. The minimum absolute atomic E-state index is 0.725. The van der Waals surface area contributed by atoms with Crippen molar-refractivity contribution in [1.82, 2.24) is 4.57 Å². The van der Waals surface area contributed by atoms with Gasteiger partial charge in [0.25, 0.3) is 0 Å². The Kier molecular flexibility index (Phi) is 2.00. The minimum Gasteiger partial charge on any atom is -0.496 e. The molecule has 0 amide bonds.